The van der Waals surface area contributed by atoms with Crippen LogP contribution in [-0.2, 0) is 11.2 Å². The number of halogens is 4. The zero-order chi connectivity index (χ0) is 21.8. The highest BCUT2D eigenvalue weighted by Crippen LogP contribution is 2.41. The average molecular weight is 471 g/mol. The number of aromatic nitrogens is 2. The van der Waals surface area contributed by atoms with Crippen LogP contribution in [0.4, 0.5) is 8.78 Å². The van der Waals surface area contributed by atoms with E-state index in [0.29, 0.717) is 5.69 Å². The van der Waals surface area contributed by atoms with Gasteiger partial charge in [-0.3, -0.25) is 14.6 Å². The van der Waals surface area contributed by atoms with Gasteiger partial charge in [0.05, 0.1) is 13.0 Å². The monoisotopic (exact) mass is 470 g/mol. The Morgan fingerprint density at radius 3 is 2.61 bits per heavy atom. The van der Waals surface area contributed by atoms with E-state index in [1.165, 1.54) is 31.6 Å². The largest absolute Gasteiger partial charge is 0.495 e. The second-order valence-corrected chi connectivity index (χ2v) is 6.86. The molecule has 1 unspecified atom stereocenters. The van der Waals surface area contributed by atoms with E-state index >= 15 is 0 Å². The van der Waals surface area contributed by atoms with Crippen molar-refractivity contribution in [2.75, 3.05) is 7.11 Å². The van der Waals surface area contributed by atoms with Crippen LogP contribution in [0.1, 0.15) is 29.2 Å². The van der Waals surface area contributed by atoms with Gasteiger partial charge >= 0.3 is 5.97 Å². The molecule has 1 atom stereocenters. The van der Waals surface area contributed by atoms with Crippen LogP contribution >= 0.6 is 24.0 Å². The Hall–Kier alpha value is -2.97. The summed E-state index contributed by atoms with van der Waals surface area (Å²) in [6, 6.07) is 8.68. The summed E-state index contributed by atoms with van der Waals surface area (Å²) in [6.07, 6.45) is -0.300. The summed E-state index contributed by atoms with van der Waals surface area (Å²) in [7, 11) is 1.29. The molecular weight excluding hydrogens is 453 g/mol. The summed E-state index contributed by atoms with van der Waals surface area (Å²) in [5.74, 6) is -2.62. The first-order valence-corrected chi connectivity index (χ1v) is 9.21. The van der Waals surface area contributed by atoms with Gasteiger partial charge in [0.15, 0.2) is 0 Å². The normalized spacial score (nSPS) is 11.6. The van der Waals surface area contributed by atoms with Crippen LogP contribution in [0.15, 0.2) is 53.6 Å². The Labute approximate surface area is 187 Å². The second-order valence-electron chi connectivity index (χ2n) is 6.42. The molecule has 3 aromatic rings. The Balaban J connectivity index is 0.00000341. The number of nitrogens with zero attached hydrogens (tertiary/aromatic N) is 1. The number of alkyl halides is 2. The lowest BCUT2D eigenvalue weighted by molar-refractivity contribution is -0.138. The van der Waals surface area contributed by atoms with Crippen molar-refractivity contribution < 1.29 is 23.4 Å². The number of benzene rings is 1. The molecule has 0 saturated carbocycles. The van der Waals surface area contributed by atoms with E-state index in [2.05, 4.69) is 9.97 Å². The van der Waals surface area contributed by atoms with E-state index in [4.69, 9.17) is 16.3 Å². The standard InChI is InChI=1S/C21H17ClF2N2O4.ClH/c1-30-16-10-26-20(27)18(15(21(28)29)9-12-4-2-3-7-25-12)17(16)14-8-11(22)5-6-13(14)19(23)24;/h2-8,10,15,19H,9H2,1H3,(H,26,27)(H,28,29);1H. The van der Waals surface area contributed by atoms with Crippen LogP contribution in [0.25, 0.3) is 11.1 Å². The Morgan fingerprint density at radius 2 is 2.03 bits per heavy atom. The van der Waals surface area contributed by atoms with E-state index in [1.54, 1.807) is 18.2 Å². The molecular formula is C21H18Cl2F2N2O4. The summed E-state index contributed by atoms with van der Waals surface area (Å²) in [6.45, 7) is 0. The van der Waals surface area contributed by atoms with Gasteiger partial charge in [0.1, 0.15) is 5.75 Å². The first-order chi connectivity index (χ1) is 14.3. The van der Waals surface area contributed by atoms with Gasteiger partial charge in [-0.05, 0) is 29.8 Å². The van der Waals surface area contributed by atoms with E-state index in [1.807, 2.05) is 0 Å². The summed E-state index contributed by atoms with van der Waals surface area (Å²) in [5, 5.41) is 10.0. The van der Waals surface area contributed by atoms with Crippen molar-refractivity contribution in [2.24, 2.45) is 0 Å². The van der Waals surface area contributed by atoms with Gasteiger partial charge in [0.2, 0.25) is 0 Å². The molecule has 2 heterocycles. The quantitative estimate of drug-likeness (QED) is 0.513. The zero-order valence-corrected chi connectivity index (χ0v) is 17.7. The van der Waals surface area contributed by atoms with Crippen molar-refractivity contribution in [3.8, 4) is 16.9 Å². The lowest BCUT2D eigenvalue weighted by atomic mass is 9.86. The van der Waals surface area contributed by atoms with E-state index in [0.717, 1.165) is 6.07 Å². The Kier molecular flexibility index (Phi) is 8.13. The van der Waals surface area contributed by atoms with Crippen molar-refractivity contribution in [1.82, 2.24) is 9.97 Å². The Bertz CT molecular complexity index is 1120. The van der Waals surface area contributed by atoms with Crippen LogP contribution in [0.5, 0.6) is 5.75 Å². The van der Waals surface area contributed by atoms with Crippen molar-refractivity contribution in [2.45, 2.75) is 18.8 Å². The van der Waals surface area contributed by atoms with Crippen molar-refractivity contribution in [1.29, 1.82) is 0 Å². The van der Waals surface area contributed by atoms with E-state index in [-0.39, 0.29) is 46.3 Å². The lowest BCUT2D eigenvalue weighted by Gasteiger charge is -2.20. The predicted octanol–water partition coefficient (Wildman–Crippen LogP) is 4.87. The molecule has 164 valence electrons. The molecule has 31 heavy (non-hydrogen) atoms. The maximum atomic E-state index is 13.7. The number of nitrogens with one attached hydrogen (secondary N) is 1. The minimum absolute atomic E-state index is 0. The molecule has 0 fully saturated rings. The fraction of sp³-hybridized carbons (Fsp3) is 0.190. The van der Waals surface area contributed by atoms with Crippen molar-refractivity contribution in [3.63, 3.8) is 0 Å². The molecule has 0 saturated heterocycles. The third-order valence-electron chi connectivity index (χ3n) is 4.62. The van der Waals surface area contributed by atoms with Gasteiger partial charge in [-0.25, -0.2) is 8.78 Å². The number of ether oxygens (including phenoxy) is 1. The van der Waals surface area contributed by atoms with Crippen molar-refractivity contribution in [3.05, 3.63) is 81.0 Å². The molecule has 2 aromatic heterocycles. The maximum Gasteiger partial charge on any atom is 0.311 e. The summed E-state index contributed by atoms with van der Waals surface area (Å²) in [5.41, 5.74) is -1.01. The van der Waals surface area contributed by atoms with E-state index < -0.39 is 29.4 Å². The fourth-order valence-corrected chi connectivity index (χ4v) is 3.45. The third kappa shape index (κ3) is 5.21. The minimum Gasteiger partial charge on any atom is -0.495 e. The molecule has 0 amide bonds. The van der Waals surface area contributed by atoms with Crippen LogP contribution in [0, 0.1) is 0 Å². The SMILES string of the molecule is COc1c[nH]c(=O)c(C(Cc2ccccn2)C(=O)O)c1-c1cc(Cl)ccc1C(F)F.Cl. The molecule has 2 N–H and O–H groups in total. The maximum absolute atomic E-state index is 13.7. The van der Waals surface area contributed by atoms with Crippen molar-refractivity contribution >= 4 is 30.0 Å². The number of pyridine rings is 2. The number of hydrogen-bond acceptors (Lipinski definition) is 4. The predicted molar refractivity (Wildman–Crippen MR) is 115 cm³/mol. The fourth-order valence-electron chi connectivity index (χ4n) is 3.27. The smallest absolute Gasteiger partial charge is 0.311 e. The Morgan fingerprint density at radius 1 is 1.29 bits per heavy atom. The van der Waals surface area contributed by atoms with Gasteiger partial charge in [0.25, 0.3) is 12.0 Å². The second kappa shape index (κ2) is 10.4. The molecule has 0 bridgehead atoms. The average Bonchev–Trinajstić information content (AvgIpc) is 2.72. The summed E-state index contributed by atoms with van der Waals surface area (Å²) >= 11 is 6.03. The molecule has 0 radical (unpaired) electrons. The molecule has 0 spiro atoms. The summed E-state index contributed by atoms with van der Waals surface area (Å²) < 4.78 is 32.7. The number of hydrogen-bond donors (Lipinski definition) is 2. The number of methoxy groups -OCH3 is 1. The highest BCUT2D eigenvalue weighted by Gasteiger charge is 2.31. The van der Waals surface area contributed by atoms with Gasteiger partial charge in [-0.2, -0.15) is 0 Å². The van der Waals surface area contributed by atoms with E-state index in [9.17, 15) is 23.5 Å². The highest BCUT2D eigenvalue weighted by atomic mass is 35.5. The first-order valence-electron chi connectivity index (χ1n) is 8.83. The number of carbonyl (C=O) groups is 1. The zero-order valence-electron chi connectivity index (χ0n) is 16.1. The topological polar surface area (TPSA) is 92.3 Å². The number of carboxylic acids is 1. The van der Waals surface area contributed by atoms with Crippen LogP contribution in [-0.4, -0.2) is 28.2 Å². The van der Waals surface area contributed by atoms with Crippen LogP contribution in [0.2, 0.25) is 5.02 Å². The van der Waals surface area contributed by atoms with Crippen LogP contribution < -0.4 is 10.3 Å². The summed E-state index contributed by atoms with van der Waals surface area (Å²) in [4.78, 5) is 31.4. The van der Waals surface area contributed by atoms with Gasteiger partial charge in [-0.1, -0.05) is 23.7 Å². The lowest BCUT2D eigenvalue weighted by Crippen LogP contribution is -2.25. The molecule has 0 aliphatic heterocycles. The molecule has 3 rings (SSSR count). The molecule has 1 aromatic carbocycles. The molecule has 10 heteroatoms. The number of carboxylic acid groups (broad SMARTS) is 1. The molecule has 6 nitrogen and oxygen atoms in total. The number of H-pyrrole nitrogens is 1. The van der Waals surface area contributed by atoms with Crippen LogP contribution in [0.3, 0.4) is 0 Å². The van der Waals surface area contributed by atoms with Gasteiger partial charge in [-0.15, -0.1) is 12.4 Å². The minimum atomic E-state index is -2.88. The third-order valence-corrected chi connectivity index (χ3v) is 4.86. The first kappa shape index (κ1) is 24.3. The highest BCUT2D eigenvalue weighted by molar-refractivity contribution is 6.31. The number of aromatic amines is 1. The van der Waals surface area contributed by atoms with Gasteiger partial charge < -0.3 is 14.8 Å². The van der Waals surface area contributed by atoms with Gasteiger partial charge in [0, 0.05) is 46.2 Å². The molecule has 0 aliphatic carbocycles. The number of rotatable bonds is 7. The number of aliphatic carboxylic acids is 1. The molecule has 0 aliphatic rings.